The van der Waals surface area contributed by atoms with Gasteiger partial charge in [0.1, 0.15) is 5.82 Å². The van der Waals surface area contributed by atoms with Gasteiger partial charge in [0.05, 0.1) is 17.9 Å². The highest BCUT2D eigenvalue weighted by Crippen LogP contribution is 2.30. The van der Waals surface area contributed by atoms with E-state index in [0.29, 0.717) is 6.54 Å². The molecule has 5 heteroatoms. The molecule has 1 fully saturated rings. The summed E-state index contributed by atoms with van der Waals surface area (Å²) in [6.45, 7) is 5.13. The lowest BCUT2D eigenvalue weighted by molar-refractivity contribution is 0.0838. The summed E-state index contributed by atoms with van der Waals surface area (Å²) in [4.78, 5) is 2.09. The number of aliphatic hydroxyl groups excluding tert-OH is 1. The number of rotatable bonds is 2. The molecule has 0 radical (unpaired) electrons. The Labute approximate surface area is 95.3 Å². The van der Waals surface area contributed by atoms with E-state index >= 15 is 0 Å². The number of hydrogen-bond donors (Lipinski definition) is 2. The van der Waals surface area contributed by atoms with Crippen molar-refractivity contribution in [2.75, 3.05) is 18.0 Å². The topological polar surface area (TPSA) is 61.5 Å². The van der Waals surface area contributed by atoms with Gasteiger partial charge >= 0.3 is 0 Å². The number of anilines is 1. The Kier molecular flexibility index (Phi) is 2.67. The molecule has 16 heavy (non-hydrogen) atoms. The van der Waals surface area contributed by atoms with Crippen molar-refractivity contribution in [3.8, 4) is 0 Å². The predicted octanol–water partition coefficient (Wildman–Crippen LogP) is 0.182. The van der Waals surface area contributed by atoms with E-state index in [2.05, 4.69) is 10.00 Å². The van der Waals surface area contributed by atoms with Gasteiger partial charge in [0.15, 0.2) is 0 Å². The van der Waals surface area contributed by atoms with E-state index in [1.54, 1.807) is 4.68 Å². The third-order valence-electron chi connectivity index (χ3n) is 3.22. The second kappa shape index (κ2) is 3.75. The van der Waals surface area contributed by atoms with Crippen LogP contribution in [0.15, 0.2) is 0 Å². The van der Waals surface area contributed by atoms with Gasteiger partial charge in [0.25, 0.3) is 0 Å². The maximum Gasteiger partial charge on any atom is 0.132 e. The lowest BCUT2D eigenvalue weighted by atomic mass is 10.1. The first-order valence-electron chi connectivity index (χ1n) is 5.55. The molecule has 1 aromatic rings. The first-order valence-corrected chi connectivity index (χ1v) is 5.55. The molecule has 2 rings (SSSR count). The van der Waals surface area contributed by atoms with E-state index in [0.717, 1.165) is 30.0 Å². The molecule has 1 aromatic heterocycles. The Morgan fingerprint density at radius 3 is 2.69 bits per heavy atom. The van der Waals surface area contributed by atoms with Crippen LogP contribution in [0, 0.1) is 6.92 Å². The van der Waals surface area contributed by atoms with Crippen LogP contribution in [0.4, 0.5) is 5.82 Å². The molecule has 1 unspecified atom stereocenters. The van der Waals surface area contributed by atoms with E-state index in [9.17, 15) is 10.2 Å². The monoisotopic (exact) mass is 225 g/mol. The summed E-state index contributed by atoms with van der Waals surface area (Å²) in [7, 11) is 1.87. The van der Waals surface area contributed by atoms with Gasteiger partial charge in [0.2, 0.25) is 0 Å². The fourth-order valence-electron chi connectivity index (χ4n) is 2.40. The van der Waals surface area contributed by atoms with Crippen LogP contribution in [-0.4, -0.2) is 38.7 Å². The van der Waals surface area contributed by atoms with Crippen LogP contribution in [-0.2, 0) is 13.7 Å². The Hall–Kier alpha value is -1.07. The minimum Gasteiger partial charge on any atom is -0.391 e. The van der Waals surface area contributed by atoms with E-state index in [4.69, 9.17) is 0 Å². The smallest absolute Gasteiger partial charge is 0.132 e. The molecule has 1 atom stereocenters. The second-order valence-electron chi connectivity index (χ2n) is 4.84. The van der Waals surface area contributed by atoms with Crippen LogP contribution in [0.2, 0.25) is 0 Å². The molecular weight excluding hydrogens is 206 g/mol. The van der Waals surface area contributed by atoms with Crippen molar-refractivity contribution >= 4 is 5.82 Å². The van der Waals surface area contributed by atoms with Gasteiger partial charge in [-0.1, -0.05) is 0 Å². The minimum atomic E-state index is -0.634. The highest BCUT2D eigenvalue weighted by Gasteiger charge is 2.34. The van der Waals surface area contributed by atoms with E-state index in [-0.39, 0.29) is 6.61 Å². The average Bonchev–Trinajstić information content (AvgIpc) is 2.66. The molecule has 0 spiro atoms. The number of aryl methyl sites for hydroxylation is 2. The first-order chi connectivity index (χ1) is 7.44. The summed E-state index contributed by atoms with van der Waals surface area (Å²) in [5, 5.41) is 23.6. The summed E-state index contributed by atoms with van der Waals surface area (Å²) in [6.07, 6.45) is 0.752. The van der Waals surface area contributed by atoms with Gasteiger partial charge in [-0.3, -0.25) is 4.68 Å². The largest absolute Gasteiger partial charge is 0.391 e. The normalized spacial score (nSPS) is 25.4. The van der Waals surface area contributed by atoms with Gasteiger partial charge in [-0.15, -0.1) is 0 Å². The van der Waals surface area contributed by atoms with Gasteiger partial charge < -0.3 is 15.1 Å². The predicted molar refractivity (Wildman–Crippen MR) is 61.3 cm³/mol. The standard InChI is InChI=1S/C11H19N3O2/c1-8-9(6-15)10(13(3)12-8)14-5-4-11(2,16)7-14/h15-16H,4-7H2,1-3H3. The Morgan fingerprint density at radius 2 is 2.19 bits per heavy atom. The highest BCUT2D eigenvalue weighted by atomic mass is 16.3. The lowest BCUT2D eigenvalue weighted by Crippen LogP contribution is -2.31. The maximum absolute atomic E-state index is 9.95. The van der Waals surface area contributed by atoms with E-state index in [1.165, 1.54) is 0 Å². The Balaban J connectivity index is 2.34. The summed E-state index contributed by atoms with van der Waals surface area (Å²) in [6, 6.07) is 0. The Morgan fingerprint density at radius 1 is 1.50 bits per heavy atom. The first kappa shape index (κ1) is 11.4. The zero-order valence-electron chi connectivity index (χ0n) is 10.1. The lowest BCUT2D eigenvalue weighted by Gasteiger charge is -2.21. The highest BCUT2D eigenvalue weighted by molar-refractivity contribution is 5.51. The molecular formula is C11H19N3O2. The van der Waals surface area contributed by atoms with Crippen LogP contribution in [0.5, 0.6) is 0 Å². The quantitative estimate of drug-likeness (QED) is 0.754. The zero-order valence-corrected chi connectivity index (χ0v) is 10.1. The fraction of sp³-hybridized carbons (Fsp3) is 0.727. The molecule has 5 nitrogen and oxygen atoms in total. The van der Waals surface area contributed by atoms with Crippen LogP contribution in [0.3, 0.4) is 0 Å². The van der Waals surface area contributed by atoms with Crippen molar-refractivity contribution in [1.82, 2.24) is 9.78 Å². The van der Waals surface area contributed by atoms with Crippen LogP contribution in [0.25, 0.3) is 0 Å². The number of nitrogens with zero attached hydrogens (tertiary/aromatic N) is 3. The molecule has 0 saturated carbocycles. The van der Waals surface area contributed by atoms with Crippen molar-refractivity contribution in [3.05, 3.63) is 11.3 Å². The molecule has 0 amide bonds. The molecule has 1 saturated heterocycles. The molecule has 0 bridgehead atoms. The molecule has 1 aliphatic heterocycles. The van der Waals surface area contributed by atoms with Crippen LogP contribution in [0.1, 0.15) is 24.6 Å². The van der Waals surface area contributed by atoms with Crippen molar-refractivity contribution in [3.63, 3.8) is 0 Å². The third-order valence-corrected chi connectivity index (χ3v) is 3.22. The number of aromatic nitrogens is 2. The molecule has 0 aromatic carbocycles. The number of aliphatic hydroxyl groups is 2. The summed E-state index contributed by atoms with van der Waals surface area (Å²) in [5.41, 5.74) is 1.08. The van der Waals surface area contributed by atoms with Crippen molar-refractivity contribution < 1.29 is 10.2 Å². The molecule has 0 aliphatic carbocycles. The summed E-state index contributed by atoms with van der Waals surface area (Å²) in [5.74, 6) is 0.928. The van der Waals surface area contributed by atoms with Gasteiger partial charge in [-0.25, -0.2) is 0 Å². The summed E-state index contributed by atoms with van der Waals surface area (Å²) >= 11 is 0. The van der Waals surface area contributed by atoms with Crippen molar-refractivity contribution in [2.24, 2.45) is 7.05 Å². The number of β-amino-alcohol motifs (C(OH)–C–C–N with tert-alkyl or cyclic N) is 1. The van der Waals surface area contributed by atoms with Crippen molar-refractivity contribution in [1.29, 1.82) is 0 Å². The SMILES string of the molecule is Cc1nn(C)c(N2CCC(C)(O)C2)c1CO. The number of hydrogen-bond acceptors (Lipinski definition) is 4. The van der Waals surface area contributed by atoms with Crippen LogP contribution < -0.4 is 4.90 Å². The zero-order chi connectivity index (χ0) is 11.9. The average molecular weight is 225 g/mol. The summed E-state index contributed by atoms with van der Waals surface area (Å²) < 4.78 is 1.78. The second-order valence-corrected chi connectivity index (χ2v) is 4.84. The molecule has 90 valence electrons. The maximum atomic E-state index is 9.95. The third kappa shape index (κ3) is 1.81. The van der Waals surface area contributed by atoms with Crippen molar-refractivity contribution in [2.45, 2.75) is 32.5 Å². The van der Waals surface area contributed by atoms with Gasteiger partial charge in [-0.05, 0) is 20.3 Å². The van der Waals surface area contributed by atoms with E-state index in [1.807, 2.05) is 20.9 Å². The fourth-order valence-corrected chi connectivity index (χ4v) is 2.40. The van der Waals surface area contributed by atoms with Gasteiger partial charge in [0, 0.05) is 25.7 Å². The molecule has 2 heterocycles. The minimum absolute atomic E-state index is 0.00630. The molecule has 2 N–H and O–H groups in total. The molecule has 1 aliphatic rings. The van der Waals surface area contributed by atoms with Gasteiger partial charge in [-0.2, -0.15) is 5.10 Å². The van der Waals surface area contributed by atoms with E-state index < -0.39 is 5.60 Å². The Bertz CT molecular complexity index is 398. The van der Waals surface area contributed by atoms with Crippen LogP contribution >= 0.6 is 0 Å².